The van der Waals surface area contributed by atoms with Crippen molar-refractivity contribution in [2.45, 2.75) is 23.8 Å². The molecule has 0 amide bonds. The molecular formula is C19H20N4S. The number of hydrogen-bond donors (Lipinski definition) is 1. The summed E-state index contributed by atoms with van der Waals surface area (Å²) in [7, 11) is 0. The molecule has 0 atom stereocenters. The van der Waals surface area contributed by atoms with Gasteiger partial charge in [-0.1, -0.05) is 42.1 Å². The zero-order valence-electron chi connectivity index (χ0n) is 13.8. The van der Waals surface area contributed by atoms with Gasteiger partial charge < -0.3 is 10.6 Å². The van der Waals surface area contributed by atoms with E-state index >= 15 is 0 Å². The minimum Gasteiger partial charge on any atom is -0.394 e. The van der Waals surface area contributed by atoms with Gasteiger partial charge in [0.1, 0.15) is 17.0 Å². The Balaban J connectivity index is 1.97. The fourth-order valence-electron chi connectivity index (χ4n) is 2.52. The second kappa shape index (κ2) is 7.36. The van der Waals surface area contributed by atoms with E-state index in [9.17, 15) is 0 Å². The van der Waals surface area contributed by atoms with Gasteiger partial charge in [0.05, 0.1) is 0 Å². The van der Waals surface area contributed by atoms with Crippen molar-refractivity contribution in [2.24, 2.45) is 0 Å². The van der Waals surface area contributed by atoms with E-state index in [4.69, 9.17) is 5.73 Å². The monoisotopic (exact) mass is 336 g/mol. The second-order valence-corrected chi connectivity index (χ2v) is 6.48. The Morgan fingerprint density at radius 2 is 1.83 bits per heavy atom. The Hall–Kier alpha value is -2.53. The van der Waals surface area contributed by atoms with Gasteiger partial charge in [0.15, 0.2) is 5.82 Å². The Morgan fingerprint density at radius 3 is 2.54 bits per heavy atom. The highest BCUT2D eigenvalue weighted by Crippen LogP contribution is 2.36. The molecule has 0 saturated carbocycles. The van der Waals surface area contributed by atoms with Crippen LogP contribution in [0.5, 0.6) is 0 Å². The zero-order chi connectivity index (χ0) is 16.9. The predicted molar refractivity (Wildman–Crippen MR) is 101 cm³/mol. The van der Waals surface area contributed by atoms with Gasteiger partial charge in [-0.25, -0.2) is 9.97 Å². The smallest absolute Gasteiger partial charge is 0.160 e. The van der Waals surface area contributed by atoms with Crippen molar-refractivity contribution in [2.75, 3.05) is 17.2 Å². The molecule has 4 nitrogen and oxygen atoms in total. The number of aryl methyl sites for hydroxylation is 1. The largest absolute Gasteiger partial charge is 0.394 e. The van der Waals surface area contributed by atoms with Crippen LogP contribution in [-0.2, 0) is 0 Å². The lowest BCUT2D eigenvalue weighted by Crippen LogP contribution is -2.19. The highest BCUT2D eigenvalue weighted by molar-refractivity contribution is 7.99. The van der Waals surface area contributed by atoms with Crippen molar-refractivity contribution in [1.29, 1.82) is 0 Å². The van der Waals surface area contributed by atoms with E-state index < -0.39 is 0 Å². The summed E-state index contributed by atoms with van der Waals surface area (Å²) < 4.78 is 0. The molecule has 0 radical (unpaired) electrons. The third-order valence-corrected chi connectivity index (χ3v) is 4.70. The minimum absolute atomic E-state index is 0.606. The average Bonchev–Trinajstić information content (AvgIpc) is 2.60. The van der Waals surface area contributed by atoms with E-state index in [0.29, 0.717) is 5.69 Å². The summed E-state index contributed by atoms with van der Waals surface area (Å²) in [6.07, 6.45) is 1.58. The molecule has 0 spiro atoms. The molecule has 0 aliphatic rings. The first-order valence-corrected chi connectivity index (χ1v) is 8.68. The molecule has 0 aliphatic heterocycles. The lowest BCUT2D eigenvalue weighted by atomic mass is 10.2. The van der Waals surface area contributed by atoms with Crippen LogP contribution in [0, 0.1) is 6.92 Å². The number of rotatable bonds is 5. The molecular weight excluding hydrogens is 316 g/mol. The van der Waals surface area contributed by atoms with Crippen LogP contribution in [0.25, 0.3) is 0 Å². The number of benzene rings is 2. The first-order valence-electron chi connectivity index (χ1n) is 7.86. The number of nitrogen functional groups attached to an aromatic ring is 1. The molecule has 2 N–H and O–H groups in total. The van der Waals surface area contributed by atoms with Gasteiger partial charge in [0.25, 0.3) is 0 Å². The molecule has 0 bridgehead atoms. The number of nitrogens with two attached hydrogens (primary N) is 1. The summed E-state index contributed by atoms with van der Waals surface area (Å²) in [5, 5.41) is 0.775. The third kappa shape index (κ3) is 3.51. The van der Waals surface area contributed by atoms with Crippen LogP contribution in [0.4, 0.5) is 17.2 Å². The predicted octanol–water partition coefficient (Wildman–Crippen LogP) is 4.68. The quantitative estimate of drug-likeness (QED) is 0.686. The zero-order valence-corrected chi connectivity index (χ0v) is 14.6. The molecule has 5 heteroatoms. The van der Waals surface area contributed by atoms with E-state index in [1.807, 2.05) is 36.4 Å². The van der Waals surface area contributed by atoms with Crippen LogP contribution < -0.4 is 10.6 Å². The topological polar surface area (TPSA) is 55.0 Å². The number of anilines is 3. The van der Waals surface area contributed by atoms with Crippen LogP contribution in [-0.4, -0.2) is 16.5 Å². The second-order valence-electron chi connectivity index (χ2n) is 5.41. The number of nitrogens with zero attached hydrogens (tertiary/aromatic N) is 3. The van der Waals surface area contributed by atoms with Crippen molar-refractivity contribution in [1.82, 2.24) is 9.97 Å². The van der Waals surface area contributed by atoms with Gasteiger partial charge in [0.2, 0.25) is 0 Å². The van der Waals surface area contributed by atoms with Crippen LogP contribution in [0.1, 0.15) is 12.5 Å². The molecule has 24 heavy (non-hydrogen) atoms. The van der Waals surface area contributed by atoms with E-state index in [0.717, 1.165) is 28.0 Å². The van der Waals surface area contributed by atoms with Gasteiger partial charge in [-0.05, 0) is 43.7 Å². The number of aromatic nitrogens is 2. The first kappa shape index (κ1) is 16.3. The highest BCUT2D eigenvalue weighted by Gasteiger charge is 2.16. The Kier molecular flexibility index (Phi) is 5.01. The molecule has 1 aromatic heterocycles. The maximum Gasteiger partial charge on any atom is 0.160 e. The molecule has 0 aliphatic carbocycles. The summed E-state index contributed by atoms with van der Waals surface area (Å²) in [4.78, 5) is 12.0. The normalized spacial score (nSPS) is 10.6. The molecule has 3 rings (SSSR count). The third-order valence-electron chi connectivity index (χ3n) is 3.67. The molecule has 0 unspecified atom stereocenters. The lowest BCUT2D eigenvalue weighted by Gasteiger charge is -2.24. The van der Waals surface area contributed by atoms with Gasteiger partial charge in [0, 0.05) is 17.1 Å². The van der Waals surface area contributed by atoms with Crippen molar-refractivity contribution < 1.29 is 0 Å². The van der Waals surface area contributed by atoms with Gasteiger partial charge >= 0.3 is 0 Å². The maximum atomic E-state index is 6.40. The van der Waals surface area contributed by atoms with Crippen LogP contribution in [0.2, 0.25) is 0 Å². The average molecular weight is 336 g/mol. The maximum absolute atomic E-state index is 6.40. The molecule has 0 saturated heterocycles. The van der Waals surface area contributed by atoms with Crippen LogP contribution >= 0.6 is 11.8 Å². The Labute approximate surface area is 146 Å². The van der Waals surface area contributed by atoms with Gasteiger partial charge in [-0.3, -0.25) is 0 Å². The first-order chi connectivity index (χ1) is 11.7. The summed E-state index contributed by atoms with van der Waals surface area (Å²) >= 11 is 1.55. The van der Waals surface area contributed by atoms with Crippen LogP contribution in [0.15, 0.2) is 70.8 Å². The fraction of sp³-hybridized carbons (Fsp3) is 0.158. The van der Waals surface area contributed by atoms with Crippen molar-refractivity contribution in [3.8, 4) is 0 Å². The summed E-state index contributed by atoms with van der Waals surface area (Å²) in [5.74, 6) is 0.747. The highest BCUT2D eigenvalue weighted by atomic mass is 32.2. The fourth-order valence-corrected chi connectivity index (χ4v) is 3.34. The summed E-state index contributed by atoms with van der Waals surface area (Å²) in [6.45, 7) is 4.95. The van der Waals surface area contributed by atoms with Gasteiger partial charge in [-0.2, -0.15) is 0 Å². The number of hydrogen-bond acceptors (Lipinski definition) is 5. The molecule has 0 fully saturated rings. The lowest BCUT2D eigenvalue weighted by molar-refractivity contribution is 0.954. The van der Waals surface area contributed by atoms with E-state index in [1.165, 1.54) is 5.56 Å². The molecule has 2 aromatic carbocycles. The van der Waals surface area contributed by atoms with E-state index in [1.54, 1.807) is 18.1 Å². The molecule has 122 valence electrons. The van der Waals surface area contributed by atoms with E-state index in [-0.39, 0.29) is 0 Å². The van der Waals surface area contributed by atoms with Crippen molar-refractivity contribution in [3.05, 3.63) is 66.5 Å². The minimum atomic E-state index is 0.606. The Morgan fingerprint density at radius 1 is 1.04 bits per heavy atom. The van der Waals surface area contributed by atoms with E-state index in [2.05, 4.69) is 46.9 Å². The van der Waals surface area contributed by atoms with Crippen molar-refractivity contribution in [3.63, 3.8) is 0 Å². The summed E-state index contributed by atoms with van der Waals surface area (Å²) in [6, 6.07) is 18.4. The van der Waals surface area contributed by atoms with Crippen molar-refractivity contribution >= 4 is 29.0 Å². The SMILES string of the molecule is CCN(c1cccc(C)c1)c1ncnc(Sc2ccccc2)c1N. The Bertz CT molecular complexity index is 821. The van der Waals surface area contributed by atoms with Crippen LogP contribution in [0.3, 0.4) is 0 Å². The molecule has 1 heterocycles. The van der Waals surface area contributed by atoms with Gasteiger partial charge in [-0.15, -0.1) is 0 Å². The summed E-state index contributed by atoms with van der Waals surface area (Å²) in [5.41, 5.74) is 9.29. The molecule has 3 aromatic rings. The standard InChI is InChI=1S/C19H20N4S/c1-3-23(15-9-7-8-14(2)12-15)18-17(20)19(22-13-21-18)24-16-10-5-4-6-11-16/h4-13H,3,20H2,1-2H3.